The van der Waals surface area contributed by atoms with E-state index in [9.17, 15) is 14.7 Å². The van der Waals surface area contributed by atoms with Crippen LogP contribution in [0.25, 0.3) is 0 Å². The van der Waals surface area contributed by atoms with Gasteiger partial charge in [0.1, 0.15) is 5.76 Å². The van der Waals surface area contributed by atoms with Crippen LogP contribution in [0, 0.1) is 6.92 Å². The average Bonchev–Trinajstić information content (AvgIpc) is 2.95. The third-order valence-electron chi connectivity index (χ3n) is 5.66. The SMILES string of the molecule is CC(=O)NC1CCN(CC2(O)CCCN(C(=O)c3ncoc3C)CC2)CC1. The summed E-state index contributed by atoms with van der Waals surface area (Å²) in [6, 6.07) is 0.237. The molecule has 150 valence electrons. The van der Waals surface area contributed by atoms with Crippen LogP contribution in [0.4, 0.5) is 0 Å². The monoisotopic (exact) mass is 378 g/mol. The van der Waals surface area contributed by atoms with E-state index in [1.807, 2.05) is 0 Å². The molecule has 1 unspecified atom stereocenters. The number of nitrogens with zero attached hydrogens (tertiary/aromatic N) is 3. The zero-order valence-corrected chi connectivity index (χ0v) is 16.2. The number of piperidine rings is 1. The highest BCUT2D eigenvalue weighted by Gasteiger charge is 2.35. The molecule has 0 saturated carbocycles. The van der Waals surface area contributed by atoms with Gasteiger partial charge in [-0.25, -0.2) is 4.98 Å². The van der Waals surface area contributed by atoms with E-state index in [-0.39, 0.29) is 17.9 Å². The van der Waals surface area contributed by atoms with Crippen molar-refractivity contribution in [1.82, 2.24) is 20.1 Å². The molecule has 2 aliphatic rings. The van der Waals surface area contributed by atoms with Gasteiger partial charge in [-0.1, -0.05) is 0 Å². The van der Waals surface area contributed by atoms with Crippen molar-refractivity contribution in [3.05, 3.63) is 17.8 Å². The van der Waals surface area contributed by atoms with Crippen molar-refractivity contribution in [1.29, 1.82) is 0 Å². The van der Waals surface area contributed by atoms with Crippen LogP contribution in [-0.4, -0.2) is 76.1 Å². The number of rotatable bonds is 4. The van der Waals surface area contributed by atoms with Crippen molar-refractivity contribution in [3.8, 4) is 0 Å². The molecular formula is C19H30N4O4. The molecule has 1 aromatic heterocycles. The molecule has 0 aromatic carbocycles. The molecule has 1 aromatic rings. The Labute approximate surface area is 159 Å². The van der Waals surface area contributed by atoms with E-state index in [0.29, 0.717) is 43.9 Å². The van der Waals surface area contributed by atoms with Crippen LogP contribution in [0.2, 0.25) is 0 Å². The zero-order chi connectivity index (χ0) is 19.4. The number of carbonyl (C=O) groups excluding carboxylic acids is 2. The second-order valence-corrected chi connectivity index (χ2v) is 7.88. The van der Waals surface area contributed by atoms with Gasteiger partial charge in [0.05, 0.1) is 5.60 Å². The molecule has 2 N–H and O–H groups in total. The molecule has 2 fully saturated rings. The summed E-state index contributed by atoms with van der Waals surface area (Å²) in [7, 11) is 0. The summed E-state index contributed by atoms with van der Waals surface area (Å²) in [6.45, 7) is 6.78. The van der Waals surface area contributed by atoms with Crippen LogP contribution in [-0.2, 0) is 4.79 Å². The largest absolute Gasteiger partial charge is 0.448 e. The van der Waals surface area contributed by atoms with Gasteiger partial charge in [-0.15, -0.1) is 0 Å². The number of oxazole rings is 1. The Balaban J connectivity index is 1.52. The molecule has 0 bridgehead atoms. The van der Waals surface area contributed by atoms with Crippen LogP contribution in [0.1, 0.15) is 55.3 Å². The highest BCUT2D eigenvalue weighted by atomic mass is 16.3. The summed E-state index contributed by atoms with van der Waals surface area (Å²) in [5.74, 6) is 0.422. The normalized spacial score (nSPS) is 25.2. The van der Waals surface area contributed by atoms with Crippen LogP contribution in [0.3, 0.4) is 0 Å². The fourth-order valence-electron chi connectivity index (χ4n) is 4.14. The Kier molecular flexibility index (Phi) is 6.16. The molecule has 27 heavy (non-hydrogen) atoms. The fourth-order valence-corrected chi connectivity index (χ4v) is 4.14. The van der Waals surface area contributed by atoms with Crippen molar-refractivity contribution < 1.29 is 19.1 Å². The van der Waals surface area contributed by atoms with E-state index in [4.69, 9.17) is 4.42 Å². The summed E-state index contributed by atoms with van der Waals surface area (Å²) in [6.07, 6.45) is 5.11. The van der Waals surface area contributed by atoms with Crippen LogP contribution in [0.5, 0.6) is 0 Å². The lowest BCUT2D eigenvalue weighted by Crippen LogP contribution is -2.50. The summed E-state index contributed by atoms with van der Waals surface area (Å²) in [4.78, 5) is 31.9. The summed E-state index contributed by atoms with van der Waals surface area (Å²) >= 11 is 0. The molecule has 1 atom stereocenters. The number of likely N-dealkylation sites (tertiary alicyclic amines) is 2. The quantitative estimate of drug-likeness (QED) is 0.809. The summed E-state index contributed by atoms with van der Waals surface area (Å²) in [5, 5.41) is 14.1. The first-order chi connectivity index (χ1) is 12.9. The lowest BCUT2D eigenvalue weighted by molar-refractivity contribution is -0.120. The van der Waals surface area contributed by atoms with Gasteiger partial charge in [-0.2, -0.15) is 0 Å². The maximum atomic E-state index is 12.6. The van der Waals surface area contributed by atoms with Gasteiger partial charge in [-0.05, 0) is 39.0 Å². The second-order valence-electron chi connectivity index (χ2n) is 7.88. The lowest BCUT2D eigenvalue weighted by atomic mass is 9.93. The van der Waals surface area contributed by atoms with E-state index in [1.54, 1.807) is 18.7 Å². The predicted molar refractivity (Wildman–Crippen MR) is 99.2 cm³/mol. The van der Waals surface area contributed by atoms with Crippen molar-refractivity contribution in [2.45, 2.75) is 57.6 Å². The molecule has 8 heteroatoms. The van der Waals surface area contributed by atoms with Crippen molar-refractivity contribution in [2.75, 3.05) is 32.7 Å². The highest BCUT2D eigenvalue weighted by Crippen LogP contribution is 2.26. The second kappa shape index (κ2) is 8.39. The summed E-state index contributed by atoms with van der Waals surface area (Å²) in [5.41, 5.74) is -0.421. The van der Waals surface area contributed by atoms with Gasteiger partial charge in [-0.3, -0.25) is 9.59 Å². The first-order valence-electron chi connectivity index (χ1n) is 9.77. The van der Waals surface area contributed by atoms with Gasteiger partial charge >= 0.3 is 0 Å². The minimum atomic E-state index is -0.783. The first kappa shape index (κ1) is 19.8. The summed E-state index contributed by atoms with van der Waals surface area (Å²) < 4.78 is 5.14. The topological polar surface area (TPSA) is 98.9 Å². The third kappa shape index (κ3) is 5.07. The van der Waals surface area contributed by atoms with Gasteiger partial charge in [0.2, 0.25) is 5.91 Å². The molecule has 0 aliphatic carbocycles. The van der Waals surface area contributed by atoms with E-state index in [2.05, 4.69) is 15.2 Å². The van der Waals surface area contributed by atoms with E-state index in [1.165, 1.54) is 6.39 Å². The molecule has 2 amide bonds. The smallest absolute Gasteiger partial charge is 0.276 e. The predicted octanol–water partition coefficient (Wildman–Crippen LogP) is 0.941. The van der Waals surface area contributed by atoms with E-state index in [0.717, 1.165) is 32.4 Å². The number of amides is 2. The maximum Gasteiger partial charge on any atom is 0.276 e. The maximum absolute atomic E-state index is 12.6. The standard InChI is InChI=1S/C19H30N4O4/c1-14-17(20-13-27-14)18(25)23-8-3-6-19(26,7-11-23)12-22-9-4-16(5-10-22)21-15(2)24/h13,16,26H,3-12H2,1-2H3,(H,21,24). The Bertz CT molecular complexity index is 668. The lowest BCUT2D eigenvalue weighted by Gasteiger charge is -2.38. The van der Waals surface area contributed by atoms with Crippen molar-refractivity contribution >= 4 is 11.8 Å². The number of aryl methyl sites for hydroxylation is 1. The molecule has 3 rings (SSSR count). The van der Waals surface area contributed by atoms with Gasteiger partial charge < -0.3 is 24.6 Å². The van der Waals surface area contributed by atoms with Crippen molar-refractivity contribution in [2.24, 2.45) is 0 Å². The molecule has 0 spiro atoms. The van der Waals surface area contributed by atoms with E-state index < -0.39 is 5.60 Å². The first-order valence-corrected chi connectivity index (χ1v) is 9.77. The van der Waals surface area contributed by atoms with Gasteiger partial charge in [0.15, 0.2) is 12.1 Å². The number of nitrogens with one attached hydrogen (secondary N) is 1. The molecule has 2 saturated heterocycles. The van der Waals surface area contributed by atoms with E-state index >= 15 is 0 Å². The van der Waals surface area contributed by atoms with Crippen LogP contribution >= 0.6 is 0 Å². The molecule has 0 radical (unpaired) electrons. The van der Waals surface area contributed by atoms with Gasteiger partial charge in [0, 0.05) is 45.7 Å². The molecule has 8 nitrogen and oxygen atoms in total. The molecule has 2 aliphatic heterocycles. The highest BCUT2D eigenvalue weighted by molar-refractivity contribution is 5.93. The number of aromatic nitrogens is 1. The van der Waals surface area contributed by atoms with Crippen LogP contribution < -0.4 is 5.32 Å². The van der Waals surface area contributed by atoms with Gasteiger partial charge in [0.25, 0.3) is 5.91 Å². The minimum Gasteiger partial charge on any atom is -0.448 e. The average molecular weight is 378 g/mol. The number of carbonyl (C=O) groups is 2. The third-order valence-corrected chi connectivity index (χ3v) is 5.66. The number of hydrogen-bond donors (Lipinski definition) is 2. The Hall–Kier alpha value is -1.93. The van der Waals surface area contributed by atoms with Crippen LogP contribution in [0.15, 0.2) is 10.8 Å². The molecule has 3 heterocycles. The number of hydrogen-bond acceptors (Lipinski definition) is 6. The Morgan fingerprint density at radius 3 is 2.67 bits per heavy atom. The zero-order valence-electron chi connectivity index (χ0n) is 16.2. The minimum absolute atomic E-state index is 0.0166. The number of β-amino-alcohol motifs (C(OH)–C–C–N with tert-alkyl or cyclic N) is 1. The fraction of sp³-hybridized carbons (Fsp3) is 0.737. The number of aliphatic hydroxyl groups is 1. The Morgan fingerprint density at radius 1 is 1.30 bits per heavy atom. The van der Waals surface area contributed by atoms with Crippen molar-refractivity contribution in [3.63, 3.8) is 0 Å². The Morgan fingerprint density at radius 2 is 2.04 bits per heavy atom. The molecular weight excluding hydrogens is 348 g/mol.